The van der Waals surface area contributed by atoms with E-state index in [2.05, 4.69) is 0 Å². The van der Waals surface area contributed by atoms with Crippen LogP contribution in [0.2, 0.25) is 15.1 Å². The van der Waals surface area contributed by atoms with Crippen LogP contribution in [-0.2, 0) is 0 Å². The van der Waals surface area contributed by atoms with Crippen LogP contribution in [-0.4, -0.2) is 4.92 Å². The summed E-state index contributed by atoms with van der Waals surface area (Å²) in [4.78, 5) is 10.3. The zero-order chi connectivity index (χ0) is 13.3. The van der Waals surface area contributed by atoms with E-state index in [4.69, 9.17) is 34.8 Å². The molecule has 3 nitrogen and oxygen atoms in total. The lowest BCUT2D eigenvalue weighted by Gasteiger charge is -2.04. The number of benzene rings is 2. The summed E-state index contributed by atoms with van der Waals surface area (Å²) in [5, 5.41) is 11.8. The molecule has 18 heavy (non-hydrogen) atoms. The third-order valence-electron chi connectivity index (χ3n) is 2.34. The van der Waals surface area contributed by atoms with E-state index in [1.54, 1.807) is 24.3 Å². The summed E-state index contributed by atoms with van der Waals surface area (Å²) in [5.74, 6) is 0. The Hall–Kier alpha value is -1.29. The van der Waals surface area contributed by atoms with Crippen molar-refractivity contribution in [1.82, 2.24) is 0 Å². The topological polar surface area (TPSA) is 43.1 Å². The number of hydrogen-bond donors (Lipinski definition) is 0. The predicted molar refractivity (Wildman–Crippen MR) is 73.6 cm³/mol. The first-order valence-corrected chi connectivity index (χ1v) is 6.01. The van der Waals surface area contributed by atoms with Crippen molar-refractivity contribution in [3.8, 4) is 11.1 Å². The molecule has 2 aromatic rings. The maximum absolute atomic E-state index is 10.8. The number of halogens is 3. The van der Waals surface area contributed by atoms with Gasteiger partial charge in [0.1, 0.15) is 5.02 Å². The van der Waals surface area contributed by atoms with Gasteiger partial charge >= 0.3 is 0 Å². The van der Waals surface area contributed by atoms with E-state index >= 15 is 0 Å². The average Bonchev–Trinajstić information content (AvgIpc) is 2.27. The summed E-state index contributed by atoms with van der Waals surface area (Å²) in [7, 11) is 0. The van der Waals surface area contributed by atoms with Gasteiger partial charge in [-0.2, -0.15) is 0 Å². The van der Waals surface area contributed by atoms with E-state index in [1.807, 2.05) is 0 Å². The van der Waals surface area contributed by atoms with Gasteiger partial charge in [0.05, 0.1) is 4.92 Å². The molecule has 0 radical (unpaired) electrons. The van der Waals surface area contributed by atoms with Gasteiger partial charge < -0.3 is 0 Å². The Morgan fingerprint density at radius 1 is 0.889 bits per heavy atom. The van der Waals surface area contributed by atoms with Crippen molar-refractivity contribution in [2.45, 2.75) is 0 Å². The largest absolute Gasteiger partial charge is 0.288 e. The lowest BCUT2D eigenvalue weighted by Crippen LogP contribution is -1.90. The van der Waals surface area contributed by atoms with Crippen molar-refractivity contribution in [2.24, 2.45) is 0 Å². The molecule has 0 atom stereocenters. The minimum atomic E-state index is -0.530. The molecule has 0 aliphatic heterocycles. The van der Waals surface area contributed by atoms with Crippen molar-refractivity contribution in [2.75, 3.05) is 0 Å². The maximum Gasteiger partial charge on any atom is 0.288 e. The number of nitro benzene ring substituents is 1. The predicted octanol–water partition coefficient (Wildman–Crippen LogP) is 5.22. The first kappa shape index (κ1) is 13.1. The highest BCUT2D eigenvalue weighted by molar-refractivity contribution is 6.35. The first-order chi connectivity index (χ1) is 8.47. The molecular weight excluding hydrogens is 296 g/mol. The van der Waals surface area contributed by atoms with Crippen molar-refractivity contribution < 1.29 is 4.92 Å². The van der Waals surface area contributed by atoms with E-state index in [0.29, 0.717) is 21.2 Å². The molecule has 0 aliphatic carbocycles. The van der Waals surface area contributed by atoms with Gasteiger partial charge in [0.2, 0.25) is 0 Å². The van der Waals surface area contributed by atoms with Gasteiger partial charge in [-0.1, -0.05) is 40.9 Å². The highest BCUT2D eigenvalue weighted by atomic mass is 35.5. The van der Waals surface area contributed by atoms with Gasteiger partial charge in [-0.05, 0) is 35.4 Å². The van der Waals surface area contributed by atoms with E-state index in [0.717, 1.165) is 0 Å². The van der Waals surface area contributed by atoms with Crippen LogP contribution in [0.5, 0.6) is 0 Å². The number of hydrogen-bond acceptors (Lipinski definition) is 2. The summed E-state index contributed by atoms with van der Waals surface area (Å²) < 4.78 is 0. The smallest absolute Gasteiger partial charge is 0.258 e. The lowest BCUT2D eigenvalue weighted by molar-refractivity contribution is -0.384. The summed E-state index contributed by atoms with van der Waals surface area (Å²) in [5.41, 5.74) is 1.19. The zero-order valence-electron chi connectivity index (χ0n) is 8.86. The molecule has 0 bridgehead atoms. The fraction of sp³-hybridized carbons (Fsp3) is 0. The third kappa shape index (κ3) is 2.75. The minimum Gasteiger partial charge on any atom is -0.258 e. The van der Waals surface area contributed by atoms with Gasteiger partial charge in [-0.25, -0.2) is 0 Å². The van der Waals surface area contributed by atoms with Crippen LogP contribution < -0.4 is 0 Å². The summed E-state index contributed by atoms with van der Waals surface area (Å²) in [6.45, 7) is 0. The Labute approximate surface area is 118 Å². The maximum atomic E-state index is 10.8. The third-order valence-corrected chi connectivity index (χ3v) is 3.09. The fourth-order valence-electron chi connectivity index (χ4n) is 1.55. The number of nitro groups is 1. The molecule has 2 rings (SSSR count). The quantitative estimate of drug-likeness (QED) is 0.563. The Morgan fingerprint density at radius 2 is 1.50 bits per heavy atom. The highest BCUT2D eigenvalue weighted by Gasteiger charge is 2.13. The normalized spacial score (nSPS) is 10.4. The van der Waals surface area contributed by atoms with Crippen molar-refractivity contribution >= 4 is 40.5 Å². The summed E-state index contributed by atoms with van der Waals surface area (Å²) >= 11 is 17.5. The van der Waals surface area contributed by atoms with Crippen molar-refractivity contribution in [3.63, 3.8) is 0 Å². The second kappa shape index (κ2) is 5.14. The standard InChI is InChI=1S/C12H6Cl3NO2/c13-9-3-8(4-10(14)6-9)7-1-2-11(15)12(5-7)16(17)18/h1-6H. The Balaban J connectivity index is 2.57. The molecule has 0 aliphatic rings. The van der Waals surface area contributed by atoms with Crippen LogP contribution in [0.4, 0.5) is 5.69 Å². The Bertz CT molecular complexity index is 608. The minimum absolute atomic E-state index is 0.0943. The van der Waals surface area contributed by atoms with E-state index in [-0.39, 0.29) is 10.7 Å². The van der Waals surface area contributed by atoms with Gasteiger partial charge in [0, 0.05) is 16.1 Å². The lowest BCUT2D eigenvalue weighted by atomic mass is 10.1. The molecule has 0 N–H and O–H groups in total. The molecule has 0 unspecified atom stereocenters. The molecule has 0 saturated carbocycles. The van der Waals surface area contributed by atoms with Crippen LogP contribution in [0, 0.1) is 10.1 Å². The molecule has 0 aromatic heterocycles. The molecule has 2 aromatic carbocycles. The second-order valence-corrected chi connectivity index (χ2v) is 4.86. The molecule has 92 valence electrons. The van der Waals surface area contributed by atoms with Gasteiger partial charge in [0.15, 0.2) is 0 Å². The SMILES string of the molecule is O=[N+]([O-])c1cc(-c2cc(Cl)cc(Cl)c2)ccc1Cl. The van der Waals surface area contributed by atoms with Crippen LogP contribution in [0.3, 0.4) is 0 Å². The van der Waals surface area contributed by atoms with Crippen LogP contribution in [0.25, 0.3) is 11.1 Å². The summed E-state index contributed by atoms with van der Waals surface area (Å²) in [6, 6.07) is 9.50. The van der Waals surface area contributed by atoms with E-state index < -0.39 is 4.92 Å². The molecule has 0 amide bonds. The van der Waals surface area contributed by atoms with Gasteiger partial charge in [-0.15, -0.1) is 0 Å². The highest BCUT2D eigenvalue weighted by Crippen LogP contribution is 2.32. The monoisotopic (exact) mass is 301 g/mol. The number of nitrogens with zero attached hydrogens (tertiary/aromatic N) is 1. The Kier molecular flexibility index (Phi) is 3.76. The fourth-order valence-corrected chi connectivity index (χ4v) is 2.27. The van der Waals surface area contributed by atoms with Crippen LogP contribution >= 0.6 is 34.8 Å². The second-order valence-electron chi connectivity index (χ2n) is 3.58. The number of rotatable bonds is 2. The van der Waals surface area contributed by atoms with Crippen LogP contribution in [0.1, 0.15) is 0 Å². The summed E-state index contributed by atoms with van der Waals surface area (Å²) in [6.07, 6.45) is 0. The van der Waals surface area contributed by atoms with E-state index in [9.17, 15) is 10.1 Å². The molecule has 0 heterocycles. The molecule has 0 spiro atoms. The van der Waals surface area contributed by atoms with Crippen molar-refractivity contribution in [1.29, 1.82) is 0 Å². The first-order valence-electron chi connectivity index (χ1n) is 4.88. The molecular formula is C12H6Cl3NO2. The molecule has 0 fully saturated rings. The van der Waals surface area contributed by atoms with E-state index in [1.165, 1.54) is 12.1 Å². The molecule has 0 saturated heterocycles. The van der Waals surface area contributed by atoms with Gasteiger partial charge in [0.25, 0.3) is 5.69 Å². The zero-order valence-corrected chi connectivity index (χ0v) is 11.1. The van der Waals surface area contributed by atoms with Gasteiger partial charge in [-0.3, -0.25) is 10.1 Å². The van der Waals surface area contributed by atoms with Crippen LogP contribution in [0.15, 0.2) is 36.4 Å². The molecule has 6 heteroatoms. The Morgan fingerprint density at radius 3 is 2.06 bits per heavy atom. The van der Waals surface area contributed by atoms with Crippen molar-refractivity contribution in [3.05, 3.63) is 61.6 Å². The average molecular weight is 303 g/mol.